The molecule has 0 aliphatic rings. The van der Waals surface area contributed by atoms with E-state index in [0.29, 0.717) is 18.9 Å². The minimum absolute atomic E-state index is 0.441. The summed E-state index contributed by atoms with van der Waals surface area (Å²) >= 11 is 0. The van der Waals surface area contributed by atoms with Gasteiger partial charge in [-0.3, -0.25) is 4.79 Å². The normalized spacial score (nSPS) is 12.9. The van der Waals surface area contributed by atoms with Crippen molar-refractivity contribution in [2.45, 2.75) is 495 Å². The van der Waals surface area contributed by atoms with Crippen molar-refractivity contribution in [2.24, 2.45) is 5.92 Å². The number of rotatable bonds is 77. The van der Waals surface area contributed by atoms with E-state index in [9.17, 15) is 15.0 Å². The van der Waals surface area contributed by atoms with Crippen LogP contribution in [-0.2, 0) is 9.53 Å². The molecule has 504 valence electrons. The number of hydrogen-bond acceptors (Lipinski definition) is 3. The summed E-state index contributed by atoms with van der Waals surface area (Å²) in [5.74, 6) is -1.38. The van der Waals surface area contributed by atoms with Crippen molar-refractivity contribution in [3.8, 4) is 0 Å². The molecular formula is C80H160O4. The van der Waals surface area contributed by atoms with E-state index in [1.807, 2.05) is 7.11 Å². The Bertz CT molecular complexity index is 1170. The first-order valence-electron chi connectivity index (χ1n) is 40.0. The fraction of sp³-hybridized carbons (Fsp3) is 0.988. The van der Waals surface area contributed by atoms with Crippen molar-refractivity contribution in [2.75, 3.05) is 7.11 Å². The summed E-state index contributed by atoms with van der Waals surface area (Å²) in [6, 6.07) is 0. The number of carbonyl (C=O) groups is 1. The van der Waals surface area contributed by atoms with E-state index in [1.165, 1.54) is 430 Å². The number of carboxylic acids is 1. The third-order valence-electron chi connectivity index (χ3n) is 19.9. The van der Waals surface area contributed by atoms with Gasteiger partial charge in [-0.05, 0) is 26.2 Å². The minimum atomic E-state index is -0.799. The molecule has 84 heavy (non-hydrogen) atoms. The Hall–Kier alpha value is -0.610. The zero-order chi connectivity index (χ0) is 60.6. The van der Waals surface area contributed by atoms with E-state index in [2.05, 4.69) is 13.8 Å². The molecule has 0 spiro atoms. The molecule has 2 N–H and O–H groups in total. The van der Waals surface area contributed by atoms with Crippen molar-refractivity contribution in [1.29, 1.82) is 0 Å². The second-order valence-corrected chi connectivity index (χ2v) is 28.3. The van der Waals surface area contributed by atoms with Gasteiger partial charge < -0.3 is 14.9 Å². The maximum absolute atomic E-state index is 11.9. The van der Waals surface area contributed by atoms with Crippen LogP contribution >= 0.6 is 0 Å². The molecule has 0 saturated heterocycles. The molecule has 4 heteroatoms. The summed E-state index contributed by atoms with van der Waals surface area (Å²) in [4.78, 5) is 11.9. The fourth-order valence-corrected chi connectivity index (χ4v) is 13.7. The summed E-state index contributed by atoms with van der Waals surface area (Å²) < 4.78 is 5.35. The number of hydrogen-bond donors (Lipinski definition) is 2. The lowest BCUT2D eigenvalue weighted by Crippen LogP contribution is -2.28. The maximum Gasteiger partial charge on any atom is 0.309 e. The molecule has 0 saturated carbocycles. The number of carboxylic acid groups (broad SMARTS) is 1. The Morgan fingerprint density at radius 1 is 0.250 bits per heavy atom. The van der Waals surface area contributed by atoms with Crippen LogP contribution in [0.1, 0.15) is 483 Å². The average Bonchev–Trinajstić information content (AvgIpc) is 3.52. The highest BCUT2D eigenvalue weighted by molar-refractivity contribution is 5.70. The maximum atomic E-state index is 11.9. The van der Waals surface area contributed by atoms with Crippen LogP contribution in [0.4, 0.5) is 0 Å². The second kappa shape index (κ2) is 74.9. The van der Waals surface area contributed by atoms with Crippen LogP contribution in [0, 0.1) is 5.92 Å². The number of aliphatic carboxylic acids is 1. The fourth-order valence-electron chi connectivity index (χ4n) is 13.7. The number of unbranched alkanes of at least 4 members (excludes halogenated alkanes) is 68. The molecule has 0 aromatic heterocycles. The van der Waals surface area contributed by atoms with Gasteiger partial charge in [-0.1, -0.05) is 456 Å². The Kier molecular flexibility index (Phi) is 74.3. The summed E-state index contributed by atoms with van der Waals surface area (Å²) in [6.45, 7) is 4.48. The molecule has 0 rings (SSSR count). The van der Waals surface area contributed by atoms with Gasteiger partial charge in [0.2, 0.25) is 0 Å². The van der Waals surface area contributed by atoms with Crippen molar-refractivity contribution >= 4 is 5.97 Å². The number of aliphatic hydroxyl groups excluding tert-OH is 1. The molecule has 0 amide bonds. The molecule has 0 aliphatic heterocycles. The SMILES string of the molecule is CCCCCCCCCCCCCCCCCCCCC(C(=O)O)C(O)CCCCCCCCCCCCCCCCCCCCCCCCCCCCCCCCCCCCCCCCCCCCCCCCCCCCCCC(C)OC. The number of ether oxygens (including phenoxy) is 1. The smallest absolute Gasteiger partial charge is 0.309 e. The van der Waals surface area contributed by atoms with Gasteiger partial charge in [-0.25, -0.2) is 0 Å². The predicted octanol–water partition coefficient (Wildman–Crippen LogP) is 28.6. The van der Waals surface area contributed by atoms with Crippen molar-refractivity contribution in [1.82, 2.24) is 0 Å². The van der Waals surface area contributed by atoms with E-state index in [-0.39, 0.29) is 0 Å². The Morgan fingerprint density at radius 3 is 0.548 bits per heavy atom. The summed E-state index contributed by atoms with van der Waals surface area (Å²) in [5.41, 5.74) is 0. The highest BCUT2D eigenvalue weighted by atomic mass is 16.5. The molecule has 3 unspecified atom stereocenters. The first-order valence-corrected chi connectivity index (χ1v) is 40.0. The van der Waals surface area contributed by atoms with Crippen molar-refractivity contribution in [3.05, 3.63) is 0 Å². The number of methoxy groups -OCH3 is 1. The van der Waals surface area contributed by atoms with E-state index < -0.39 is 18.0 Å². The highest BCUT2D eigenvalue weighted by Crippen LogP contribution is 2.24. The van der Waals surface area contributed by atoms with Crippen LogP contribution in [0.25, 0.3) is 0 Å². The van der Waals surface area contributed by atoms with Gasteiger partial charge >= 0.3 is 5.97 Å². The van der Waals surface area contributed by atoms with Gasteiger partial charge in [0.15, 0.2) is 0 Å². The first kappa shape index (κ1) is 83.4. The van der Waals surface area contributed by atoms with Crippen LogP contribution in [0.2, 0.25) is 0 Å². The molecular weight excluding hydrogens is 1020 g/mol. The Balaban J connectivity index is 3.25. The van der Waals surface area contributed by atoms with Crippen LogP contribution in [0.15, 0.2) is 0 Å². The van der Waals surface area contributed by atoms with Gasteiger partial charge in [-0.15, -0.1) is 0 Å². The summed E-state index contributed by atoms with van der Waals surface area (Å²) in [5, 5.41) is 20.5. The molecule has 0 bridgehead atoms. The molecule has 0 aromatic rings. The third kappa shape index (κ3) is 70.5. The molecule has 0 heterocycles. The minimum Gasteiger partial charge on any atom is -0.481 e. The third-order valence-corrected chi connectivity index (χ3v) is 19.9. The predicted molar refractivity (Wildman–Crippen MR) is 376 cm³/mol. The van der Waals surface area contributed by atoms with Crippen molar-refractivity contribution < 1.29 is 19.7 Å². The topological polar surface area (TPSA) is 66.8 Å². The molecule has 3 atom stereocenters. The lowest BCUT2D eigenvalue weighted by atomic mass is 9.91. The molecule has 0 aliphatic carbocycles. The van der Waals surface area contributed by atoms with E-state index in [1.54, 1.807) is 0 Å². The first-order chi connectivity index (χ1) is 41.5. The summed E-state index contributed by atoms with van der Waals surface area (Å²) in [7, 11) is 1.83. The lowest BCUT2D eigenvalue weighted by molar-refractivity contribution is -0.146. The largest absolute Gasteiger partial charge is 0.481 e. The molecule has 4 nitrogen and oxygen atoms in total. The second-order valence-electron chi connectivity index (χ2n) is 28.3. The Labute approximate surface area is 530 Å². The van der Waals surface area contributed by atoms with Crippen LogP contribution in [0.5, 0.6) is 0 Å². The van der Waals surface area contributed by atoms with Crippen LogP contribution in [-0.4, -0.2) is 35.5 Å². The monoisotopic (exact) mass is 1190 g/mol. The molecule has 0 fully saturated rings. The molecule has 0 aromatic carbocycles. The Morgan fingerprint density at radius 2 is 0.393 bits per heavy atom. The van der Waals surface area contributed by atoms with E-state index >= 15 is 0 Å². The zero-order valence-corrected chi connectivity index (χ0v) is 58.6. The lowest BCUT2D eigenvalue weighted by Gasteiger charge is -2.19. The van der Waals surface area contributed by atoms with Gasteiger partial charge in [0.1, 0.15) is 0 Å². The standard InChI is InChI=1S/C80H160O4/c1-4-5-6-7-8-9-10-11-12-13-51-54-57-60-63-66-69-72-75-78(80(82)83)79(81)76-73-70-67-64-61-58-55-52-49-47-45-43-41-39-37-35-33-31-29-27-25-23-21-19-17-15-14-16-18-20-22-24-26-28-30-32-34-36-38-40-42-44-46-48-50-53-56-59-62-65-68-71-74-77(2)84-3/h77-79,81H,4-76H2,1-3H3,(H,82,83). The average molecular weight is 1190 g/mol. The van der Waals surface area contributed by atoms with Gasteiger partial charge in [0.25, 0.3) is 0 Å². The number of aliphatic hydroxyl groups is 1. The van der Waals surface area contributed by atoms with Gasteiger partial charge in [-0.2, -0.15) is 0 Å². The zero-order valence-electron chi connectivity index (χ0n) is 58.6. The quantitative estimate of drug-likeness (QED) is 0.0596. The van der Waals surface area contributed by atoms with Crippen molar-refractivity contribution in [3.63, 3.8) is 0 Å². The van der Waals surface area contributed by atoms with E-state index in [4.69, 9.17) is 4.74 Å². The van der Waals surface area contributed by atoms with E-state index in [0.717, 1.165) is 25.7 Å². The van der Waals surface area contributed by atoms with Crippen LogP contribution in [0.3, 0.4) is 0 Å². The van der Waals surface area contributed by atoms with Crippen LogP contribution < -0.4 is 0 Å². The van der Waals surface area contributed by atoms with Gasteiger partial charge in [0, 0.05) is 7.11 Å². The molecule has 0 radical (unpaired) electrons. The highest BCUT2D eigenvalue weighted by Gasteiger charge is 2.25. The van der Waals surface area contributed by atoms with Gasteiger partial charge in [0.05, 0.1) is 18.1 Å². The summed E-state index contributed by atoms with van der Waals surface area (Å²) in [6.07, 6.45) is 101.